The fourth-order valence-electron chi connectivity index (χ4n) is 2.34. The highest BCUT2D eigenvalue weighted by atomic mass is 127. The molecule has 0 radical (unpaired) electrons. The van der Waals surface area contributed by atoms with Crippen molar-refractivity contribution >= 4 is 47.6 Å². The molecule has 1 aliphatic heterocycles. The molecule has 1 amide bonds. The second-order valence-corrected chi connectivity index (χ2v) is 7.13. The van der Waals surface area contributed by atoms with E-state index in [1.807, 2.05) is 49.9 Å². The number of ether oxygens (including phenoxy) is 1. The first-order chi connectivity index (χ1) is 11.3. The van der Waals surface area contributed by atoms with Crippen LogP contribution in [0.3, 0.4) is 0 Å². The third-order valence-electron chi connectivity index (χ3n) is 3.62. The van der Waals surface area contributed by atoms with Gasteiger partial charge in [0.25, 0.3) is 0 Å². The van der Waals surface area contributed by atoms with Crippen LogP contribution in [0.4, 0.5) is 4.79 Å². The van der Waals surface area contributed by atoms with Crippen molar-refractivity contribution in [1.82, 2.24) is 9.80 Å². The van der Waals surface area contributed by atoms with Crippen LogP contribution in [-0.2, 0) is 11.3 Å². The van der Waals surface area contributed by atoms with Crippen molar-refractivity contribution in [3.8, 4) is 0 Å². The highest BCUT2D eigenvalue weighted by molar-refractivity contribution is 14.0. The number of hydrogen-bond acceptors (Lipinski definition) is 3. The quantitative estimate of drug-likeness (QED) is 0.400. The molecule has 0 aliphatic carbocycles. The molecule has 1 fully saturated rings. The minimum absolute atomic E-state index is 0. The molecule has 140 valence electrons. The Bertz CT molecular complexity index is 611. The Labute approximate surface area is 171 Å². The van der Waals surface area contributed by atoms with Crippen molar-refractivity contribution in [2.45, 2.75) is 32.9 Å². The van der Waals surface area contributed by atoms with Crippen molar-refractivity contribution in [3.63, 3.8) is 0 Å². The van der Waals surface area contributed by atoms with E-state index >= 15 is 0 Å². The first kappa shape index (κ1) is 21.8. The van der Waals surface area contributed by atoms with Crippen LogP contribution in [0.15, 0.2) is 29.3 Å². The minimum Gasteiger partial charge on any atom is -0.444 e. The van der Waals surface area contributed by atoms with Crippen LogP contribution in [0.2, 0.25) is 5.02 Å². The molecule has 0 unspecified atom stereocenters. The van der Waals surface area contributed by atoms with E-state index in [2.05, 4.69) is 4.99 Å². The van der Waals surface area contributed by atoms with Gasteiger partial charge in [0.15, 0.2) is 5.96 Å². The fraction of sp³-hybridized carbons (Fsp3) is 0.529. The maximum atomic E-state index is 12.0. The van der Waals surface area contributed by atoms with Crippen LogP contribution >= 0.6 is 35.6 Å². The summed E-state index contributed by atoms with van der Waals surface area (Å²) in [6, 6.07) is 7.57. The fourth-order valence-corrected chi connectivity index (χ4v) is 2.53. The van der Waals surface area contributed by atoms with Crippen molar-refractivity contribution in [2.75, 3.05) is 26.2 Å². The molecule has 8 heteroatoms. The number of carbonyl (C=O) groups excluding carboxylic acids is 1. The van der Waals surface area contributed by atoms with E-state index in [1.54, 1.807) is 4.90 Å². The second kappa shape index (κ2) is 9.47. The molecule has 1 heterocycles. The molecule has 2 N–H and O–H groups in total. The van der Waals surface area contributed by atoms with Gasteiger partial charge in [-0.05, 0) is 32.4 Å². The molecule has 1 aromatic rings. The number of amides is 1. The molecule has 1 saturated heterocycles. The van der Waals surface area contributed by atoms with Gasteiger partial charge in [0.2, 0.25) is 0 Å². The minimum atomic E-state index is -0.482. The third-order valence-corrected chi connectivity index (χ3v) is 3.99. The van der Waals surface area contributed by atoms with Gasteiger partial charge in [-0.1, -0.05) is 29.8 Å². The molecule has 0 aromatic heterocycles. The SMILES string of the molecule is CC(C)(C)OC(=O)N1CCN(C(N)=NCc2ccccc2Cl)CC1.I. The Morgan fingerprint density at radius 2 is 1.76 bits per heavy atom. The van der Waals surface area contributed by atoms with E-state index in [0.717, 1.165) is 5.56 Å². The summed E-state index contributed by atoms with van der Waals surface area (Å²) >= 11 is 6.12. The van der Waals surface area contributed by atoms with E-state index in [1.165, 1.54) is 0 Å². The number of aliphatic imine (C=N–C) groups is 1. The summed E-state index contributed by atoms with van der Waals surface area (Å²) in [6.07, 6.45) is -0.284. The first-order valence-electron chi connectivity index (χ1n) is 8.02. The van der Waals surface area contributed by atoms with Gasteiger partial charge in [-0.15, -0.1) is 24.0 Å². The highest BCUT2D eigenvalue weighted by Gasteiger charge is 2.26. The number of guanidine groups is 1. The van der Waals surface area contributed by atoms with E-state index in [4.69, 9.17) is 22.1 Å². The summed E-state index contributed by atoms with van der Waals surface area (Å²) < 4.78 is 5.38. The van der Waals surface area contributed by atoms with E-state index in [0.29, 0.717) is 43.7 Å². The van der Waals surface area contributed by atoms with Crippen molar-refractivity contribution in [1.29, 1.82) is 0 Å². The van der Waals surface area contributed by atoms with Gasteiger partial charge < -0.3 is 20.3 Å². The molecular formula is C17H26ClIN4O2. The Morgan fingerprint density at radius 3 is 2.32 bits per heavy atom. The van der Waals surface area contributed by atoms with Crippen LogP contribution in [0.25, 0.3) is 0 Å². The smallest absolute Gasteiger partial charge is 0.410 e. The van der Waals surface area contributed by atoms with Crippen molar-refractivity contribution < 1.29 is 9.53 Å². The monoisotopic (exact) mass is 480 g/mol. The predicted octanol–water partition coefficient (Wildman–Crippen LogP) is 3.33. The van der Waals surface area contributed by atoms with Crippen molar-refractivity contribution in [3.05, 3.63) is 34.9 Å². The topological polar surface area (TPSA) is 71.2 Å². The summed E-state index contributed by atoms with van der Waals surface area (Å²) in [7, 11) is 0. The summed E-state index contributed by atoms with van der Waals surface area (Å²) in [5, 5.41) is 0.684. The summed E-state index contributed by atoms with van der Waals surface area (Å²) in [6.45, 7) is 8.43. The average Bonchev–Trinajstić information content (AvgIpc) is 2.52. The van der Waals surface area contributed by atoms with Crippen LogP contribution in [0, 0.1) is 0 Å². The number of benzene rings is 1. The summed E-state index contributed by atoms with van der Waals surface area (Å²) in [5.41, 5.74) is 6.52. The van der Waals surface area contributed by atoms with Crippen LogP contribution in [-0.4, -0.2) is 53.6 Å². The predicted molar refractivity (Wildman–Crippen MR) is 112 cm³/mol. The van der Waals surface area contributed by atoms with E-state index in [9.17, 15) is 4.79 Å². The first-order valence-corrected chi connectivity index (χ1v) is 8.40. The van der Waals surface area contributed by atoms with Gasteiger partial charge in [-0.25, -0.2) is 9.79 Å². The number of hydrogen-bond donors (Lipinski definition) is 1. The Balaban J connectivity index is 0.00000312. The Hall–Kier alpha value is -1.22. The lowest BCUT2D eigenvalue weighted by molar-refractivity contribution is 0.0186. The number of rotatable bonds is 2. The van der Waals surface area contributed by atoms with Gasteiger partial charge in [-0.3, -0.25) is 0 Å². The van der Waals surface area contributed by atoms with Crippen molar-refractivity contribution in [2.24, 2.45) is 10.7 Å². The molecule has 25 heavy (non-hydrogen) atoms. The number of piperazine rings is 1. The largest absolute Gasteiger partial charge is 0.444 e. The molecule has 1 aromatic carbocycles. The lowest BCUT2D eigenvalue weighted by Gasteiger charge is -2.36. The van der Waals surface area contributed by atoms with Crippen LogP contribution in [0.5, 0.6) is 0 Å². The van der Waals surface area contributed by atoms with E-state index < -0.39 is 5.60 Å². The Morgan fingerprint density at radius 1 is 1.20 bits per heavy atom. The number of halogens is 2. The standard InChI is InChI=1S/C17H25ClN4O2.HI/c1-17(2,3)24-16(23)22-10-8-21(9-11-22)15(19)20-12-13-6-4-5-7-14(13)18;/h4-7H,8-12H2,1-3H3,(H2,19,20);1H. The molecule has 1 aliphatic rings. The highest BCUT2D eigenvalue weighted by Crippen LogP contribution is 2.16. The molecule has 0 spiro atoms. The maximum Gasteiger partial charge on any atom is 0.410 e. The lowest BCUT2D eigenvalue weighted by atomic mass is 10.2. The number of carbonyl (C=O) groups is 1. The average molecular weight is 481 g/mol. The van der Waals surface area contributed by atoms with Crippen LogP contribution < -0.4 is 5.73 Å². The van der Waals surface area contributed by atoms with E-state index in [-0.39, 0.29) is 30.1 Å². The Kier molecular flexibility index (Phi) is 8.27. The normalized spacial score (nSPS) is 15.6. The number of nitrogens with zero attached hydrogens (tertiary/aromatic N) is 3. The molecule has 2 rings (SSSR count). The van der Waals surface area contributed by atoms with Gasteiger partial charge in [0, 0.05) is 31.2 Å². The van der Waals surface area contributed by atoms with Gasteiger partial charge >= 0.3 is 6.09 Å². The lowest BCUT2D eigenvalue weighted by Crippen LogP contribution is -2.53. The van der Waals surface area contributed by atoms with Crippen LogP contribution in [0.1, 0.15) is 26.3 Å². The zero-order chi connectivity index (χ0) is 17.7. The third kappa shape index (κ3) is 6.89. The second-order valence-electron chi connectivity index (χ2n) is 6.72. The molecule has 0 atom stereocenters. The molecule has 0 saturated carbocycles. The number of nitrogens with two attached hydrogens (primary N) is 1. The molecule has 0 bridgehead atoms. The van der Waals surface area contributed by atoms with Gasteiger partial charge in [0.1, 0.15) is 5.60 Å². The molecular weight excluding hydrogens is 455 g/mol. The van der Waals surface area contributed by atoms with Gasteiger partial charge in [-0.2, -0.15) is 0 Å². The summed E-state index contributed by atoms with van der Waals surface area (Å²) in [4.78, 5) is 20.1. The zero-order valence-electron chi connectivity index (χ0n) is 14.9. The molecule has 6 nitrogen and oxygen atoms in total. The summed E-state index contributed by atoms with van der Waals surface area (Å²) in [5.74, 6) is 0.471. The van der Waals surface area contributed by atoms with Gasteiger partial charge in [0.05, 0.1) is 6.54 Å². The maximum absolute atomic E-state index is 12.0. The zero-order valence-corrected chi connectivity index (χ0v) is 18.0.